The third kappa shape index (κ3) is 4.19. The smallest absolute Gasteiger partial charge is 0.159 e. The minimum absolute atomic E-state index is 0.862. The summed E-state index contributed by atoms with van der Waals surface area (Å²) in [7, 11) is 0. The van der Waals surface area contributed by atoms with Crippen LogP contribution in [0.3, 0.4) is 0 Å². The Morgan fingerprint density at radius 2 is 0.902 bits per heavy atom. The van der Waals surface area contributed by atoms with Crippen LogP contribution in [0, 0.1) is 0 Å². The lowest BCUT2D eigenvalue weighted by Crippen LogP contribution is -2.10. The van der Waals surface area contributed by atoms with Crippen LogP contribution in [0.4, 0.5) is 17.1 Å². The molecule has 11 rings (SSSR count). The van der Waals surface area contributed by atoms with E-state index in [1.54, 1.807) is 0 Å². The summed E-state index contributed by atoms with van der Waals surface area (Å²) in [5, 5.41) is 11.8. The molecule has 2 aromatic heterocycles. The molecule has 238 valence electrons. The van der Waals surface area contributed by atoms with Gasteiger partial charge in [0.25, 0.3) is 0 Å². The van der Waals surface area contributed by atoms with Crippen LogP contribution in [-0.4, -0.2) is 0 Å². The summed E-state index contributed by atoms with van der Waals surface area (Å²) in [6, 6.07) is 62.5. The average molecular weight is 652 g/mol. The second-order valence-corrected chi connectivity index (χ2v) is 13.2. The van der Waals surface area contributed by atoms with Crippen LogP contribution in [-0.2, 0) is 0 Å². The maximum absolute atomic E-state index is 6.64. The van der Waals surface area contributed by atoms with E-state index in [2.05, 4.69) is 163 Å². The third-order valence-corrected chi connectivity index (χ3v) is 10.4. The minimum atomic E-state index is 0.862. The summed E-state index contributed by atoms with van der Waals surface area (Å²) >= 11 is 0. The van der Waals surface area contributed by atoms with E-state index in [0.717, 1.165) is 60.9 Å². The third-order valence-electron chi connectivity index (χ3n) is 10.4. The zero-order valence-electron chi connectivity index (χ0n) is 27.5. The van der Waals surface area contributed by atoms with Gasteiger partial charge in [-0.25, -0.2) is 0 Å². The molecule has 0 atom stereocenters. The Morgan fingerprint density at radius 1 is 0.314 bits per heavy atom. The molecule has 11 aromatic rings. The van der Waals surface area contributed by atoms with Crippen LogP contribution in [0.2, 0.25) is 0 Å². The van der Waals surface area contributed by atoms with Crippen molar-refractivity contribution in [2.45, 2.75) is 0 Å². The summed E-state index contributed by atoms with van der Waals surface area (Å²) in [6.45, 7) is 0. The monoisotopic (exact) mass is 651 g/mol. The molecule has 3 heteroatoms. The number of fused-ring (bicyclic) bond motifs is 13. The molecule has 0 spiro atoms. The van der Waals surface area contributed by atoms with Gasteiger partial charge in [0.2, 0.25) is 0 Å². The van der Waals surface area contributed by atoms with E-state index >= 15 is 0 Å². The average Bonchev–Trinajstić information content (AvgIpc) is 3.78. The molecule has 0 saturated carbocycles. The zero-order valence-corrected chi connectivity index (χ0v) is 27.5. The fraction of sp³-hybridized carbons (Fsp3) is 0. The number of furan rings is 2. The van der Waals surface area contributed by atoms with E-state index in [-0.39, 0.29) is 0 Å². The summed E-state index contributed by atoms with van der Waals surface area (Å²) in [6.07, 6.45) is 0. The van der Waals surface area contributed by atoms with E-state index in [0.29, 0.717) is 0 Å². The summed E-state index contributed by atoms with van der Waals surface area (Å²) < 4.78 is 13.0. The van der Waals surface area contributed by atoms with Crippen LogP contribution < -0.4 is 4.90 Å². The Bertz CT molecular complexity index is 3130. The highest BCUT2D eigenvalue weighted by Crippen LogP contribution is 2.46. The number of rotatable bonds is 4. The van der Waals surface area contributed by atoms with Crippen molar-refractivity contribution in [3.8, 4) is 11.1 Å². The Labute approximate surface area is 293 Å². The first-order chi connectivity index (χ1) is 25.3. The van der Waals surface area contributed by atoms with E-state index in [1.165, 1.54) is 43.4 Å². The Balaban J connectivity index is 1.21. The summed E-state index contributed by atoms with van der Waals surface area (Å²) in [4.78, 5) is 2.34. The summed E-state index contributed by atoms with van der Waals surface area (Å²) in [5.74, 6) is 0. The van der Waals surface area contributed by atoms with Gasteiger partial charge in [-0.15, -0.1) is 0 Å². The lowest BCUT2D eigenvalue weighted by molar-refractivity contribution is 0.669. The Morgan fingerprint density at radius 3 is 1.73 bits per heavy atom. The number of para-hydroxylation sites is 3. The molecule has 2 heterocycles. The van der Waals surface area contributed by atoms with Crippen molar-refractivity contribution in [2.75, 3.05) is 4.90 Å². The molecular weight excluding hydrogens is 623 g/mol. The van der Waals surface area contributed by atoms with Gasteiger partial charge in [0, 0.05) is 38.3 Å². The van der Waals surface area contributed by atoms with Crippen molar-refractivity contribution in [3.05, 3.63) is 176 Å². The van der Waals surface area contributed by atoms with Crippen LogP contribution in [0.5, 0.6) is 0 Å². The predicted octanol–water partition coefficient (Wildman–Crippen LogP) is 14.1. The molecule has 0 bridgehead atoms. The fourth-order valence-electron chi connectivity index (χ4n) is 8.16. The number of nitrogens with zero attached hydrogens (tertiary/aromatic N) is 1. The largest absolute Gasteiger partial charge is 0.456 e. The topological polar surface area (TPSA) is 29.5 Å². The highest BCUT2D eigenvalue weighted by Gasteiger charge is 2.22. The lowest BCUT2D eigenvalue weighted by Gasteiger charge is -2.26. The van der Waals surface area contributed by atoms with E-state index in [4.69, 9.17) is 8.83 Å². The molecule has 0 aliphatic heterocycles. The molecule has 0 unspecified atom stereocenters. The van der Waals surface area contributed by atoms with Crippen LogP contribution in [0.15, 0.2) is 185 Å². The number of benzene rings is 9. The standard InChI is InChI=1S/C48H29NO2/c1-2-11-30(12-3-1)31-21-23-32(24-22-31)49(42-18-10-17-39-36-14-6-8-19-43(36)51-48(39)42)33-25-26-35-34-13-4-5-15-37(34)46-38(41(35)29-33)27-28-45-47(46)40-16-7-9-20-44(40)50-45/h1-29H. The molecule has 3 nitrogen and oxygen atoms in total. The van der Waals surface area contributed by atoms with Gasteiger partial charge < -0.3 is 13.7 Å². The molecule has 9 aromatic carbocycles. The van der Waals surface area contributed by atoms with Crippen molar-refractivity contribution < 1.29 is 8.83 Å². The molecule has 0 N–H and O–H groups in total. The van der Waals surface area contributed by atoms with E-state index in [9.17, 15) is 0 Å². The van der Waals surface area contributed by atoms with Gasteiger partial charge in [0.15, 0.2) is 5.58 Å². The van der Waals surface area contributed by atoms with Gasteiger partial charge in [-0.3, -0.25) is 0 Å². The first-order valence-electron chi connectivity index (χ1n) is 17.3. The van der Waals surface area contributed by atoms with E-state index in [1.807, 2.05) is 18.2 Å². The highest BCUT2D eigenvalue weighted by molar-refractivity contribution is 6.34. The van der Waals surface area contributed by atoms with Gasteiger partial charge in [-0.05, 0) is 92.7 Å². The SMILES string of the molecule is c1ccc(-c2ccc(N(c3ccc4c5ccccc5c5c(ccc6oc7ccccc7c65)c4c3)c3cccc4c3oc3ccccc34)cc2)cc1. The van der Waals surface area contributed by atoms with Gasteiger partial charge >= 0.3 is 0 Å². The first kappa shape index (κ1) is 28.0. The maximum atomic E-state index is 6.64. The molecule has 0 fully saturated rings. The zero-order chi connectivity index (χ0) is 33.5. The quantitative estimate of drug-likeness (QED) is 0.177. The first-order valence-corrected chi connectivity index (χ1v) is 17.3. The molecule has 0 aliphatic carbocycles. The van der Waals surface area contributed by atoms with Crippen molar-refractivity contribution in [1.29, 1.82) is 0 Å². The Kier molecular flexibility index (Phi) is 5.96. The van der Waals surface area contributed by atoms with E-state index < -0.39 is 0 Å². The molecule has 0 radical (unpaired) electrons. The molecule has 0 aliphatic rings. The maximum Gasteiger partial charge on any atom is 0.159 e. The number of hydrogen-bond donors (Lipinski definition) is 0. The van der Waals surface area contributed by atoms with Crippen LogP contribution in [0.25, 0.3) is 87.3 Å². The normalized spacial score (nSPS) is 11.9. The van der Waals surface area contributed by atoms with Crippen molar-refractivity contribution in [2.24, 2.45) is 0 Å². The number of hydrogen-bond acceptors (Lipinski definition) is 3. The highest BCUT2D eigenvalue weighted by atomic mass is 16.3. The predicted molar refractivity (Wildman–Crippen MR) is 214 cm³/mol. The molecule has 51 heavy (non-hydrogen) atoms. The molecule has 0 saturated heterocycles. The second-order valence-electron chi connectivity index (χ2n) is 13.2. The van der Waals surface area contributed by atoms with Gasteiger partial charge in [-0.1, -0.05) is 121 Å². The van der Waals surface area contributed by atoms with Crippen LogP contribution >= 0.6 is 0 Å². The molecule has 0 amide bonds. The minimum Gasteiger partial charge on any atom is -0.456 e. The van der Waals surface area contributed by atoms with Crippen LogP contribution in [0.1, 0.15) is 0 Å². The summed E-state index contributed by atoms with van der Waals surface area (Å²) in [5.41, 5.74) is 9.01. The lowest BCUT2D eigenvalue weighted by atomic mass is 9.91. The van der Waals surface area contributed by atoms with Crippen molar-refractivity contribution in [1.82, 2.24) is 0 Å². The van der Waals surface area contributed by atoms with Gasteiger partial charge in [0.05, 0.1) is 5.69 Å². The Hall–Kier alpha value is -6.84. The van der Waals surface area contributed by atoms with Gasteiger partial charge in [-0.2, -0.15) is 0 Å². The second kappa shape index (κ2) is 10.8. The van der Waals surface area contributed by atoms with Crippen molar-refractivity contribution >= 4 is 93.3 Å². The van der Waals surface area contributed by atoms with Gasteiger partial charge in [0.1, 0.15) is 16.7 Å². The number of anilines is 3. The molecular formula is C48H29NO2. The fourth-order valence-corrected chi connectivity index (χ4v) is 8.16. The van der Waals surface area contributed by atoms with Crippen molar-refractivity contribution in [3.63, 3.8) is 0 Å².